The first-order valence-electron chi connectivity index (χ1n) is 17.1. The molecule has 3 aliphatic heterocycles. The van der Waals surface area contributed by atoms with Gasteiger partial charge in [-0.05, 0) is 44.1 Å². The number of benzene rings is 1. The van der Waals surface area contributed by atoms with E-state index >= 15 is 0 Å². The van der Waals surface area contributed by atoms with Crippen molar-refractivity contribution in [2.45, 2.75) is 102 Å². The summed E-state index contributed by atoms with van der Waals surface area (Å²) in [4.78, 5) is 61.2. The number of allylic oxidation sites excluding steroid dienone is 1. The summed E-state index contributed by atoms with van der Waals surface area (Å²) in [6.45, 7) is 15.7. The maximum Gasteiger partial charge on any atom is 0.313 e. The molecule has 1 spiro atoms. The van der Waals surface area contributed by atoms with Crippen molar-refractivity contribution < 1.29 is 33.8 Å². The molecule has 0 radical (unpaired) electrons. The monoisotopic (exact) mass is 651 g/mol. The average molecular weight is 652 g/mol. The maximum absolute atomic E-state index is 14.6. The highest BCUT2D eigenvalue weighted by Gasteiger charge is 2.75. The highest BCUT2D eigenvalue weighted by molar-refractivity contribution is 5.98. The van der Waals surface area contributed by atoms with Crippen LogP contribution >= 0.6 is 0 Å². The summed E-state index contributed by atoms with van der Waals surface area (Å²) >= 11 is 0. The Hall–Kier alpha value is -3.50. The quantitative estimate of drug-likeness (QED) is 0.197. The lowest BCUT2D eigenvalue weighted by molar-refractivity contribution is -0.165. The number of ether oxygens (including phenoxy) is 2. The lowest BCUT2D eigenvalue weighted by Gasteiger charge is -2.40. The van der Waals surface area contributed by atoms with Crippen LogP contribution in [0.4, 0.5) is 0 Å². The first-order chi connectivity index (χ1) is 22.5. The lowest BCUT2D eigenvalue weighted by Crippen LogP contribution is -2.59. The minimum Gasteiger partial charge on any atom is -0.455 e. The Kier molecular flexibility index (Phi) is 12.1. The SMILES string of the molecule is C=CCCC(=O)N(C)[C@@H](C)[C@@H](OC(=O)[C@@H]1[C@H]2C(=O)N([C@@H](CO)C(C)C)[C@H](C(=O)N(CC=C)CCCC)[C@]23CC[C@H]1O3)c1ccccc1. The van der Waals surface area contributed by atoms with E-state index in [0.29, 0.717) is 32.4 Å². The molecule has 0 aromatic heterocycles. The van der Waals surface area contributed by atoms with Gasteiger partial charge in [0.2, 0.25) is 17.7 Å². The summed E-state index contributed by atoms with van der Waals surface area (Å²) in [5.74, 6) is -3.34. The van der Waals surface area contributed by atoms with Gasteiger partial charge in [-0.2, -0.15) is 0 Å². The van der Waals surface area contributed by atoms with Gasteiger partial charge in [0.05, 0.1) is 36.6 Å². The molecule has 3 aliphatic rings. The van der Waals surface area contributed by atoms with Crippen LogP contribution in [0.2, 0.25) is 0 Å². The number of aliphatic hydroxyl groups is 1. The molecule has 3 amide bonds. The number of unbranched alkanes of at least 4 members (excludes halogenated alkanes) is 1. The summed E-state index contributed by atoms with van der Waals surface area (Å²) in [6.07, 6.45) is 5.38. The Morgan fingerprint density at radius 1 is 1.17 bits per heavy atom. The van der Waals surface area contributed by atoms with E-state index < -0.39 is 53.7 Å². The first kappa shape index (κ1) is 36.3. The summed E-state index contributed by atoms with van der Waals surface area (Å²) in [5, 5.41) is 10.5. The van der Waals surface area contributed by atoms with Crippen molar-refractivity contribution in [1.82, 2.24) is 14.7 Å². The van der Waals surface area contributed by atoms with Gasteiger partial charge < -0.3 is 29.3 Å². The molecule has 1 N–H and O–H groups in total. The molecular weight excluding hydrogens is 598 g/mol. The molecule has 3 heterocycles. The largest absolute Gasteiger partial charge is 0.455 e. The first-order valence-corrected chi connectivity index (χ1v) is 17.1. The number of carbonyl (C=O) groups is 4. The third kappa shape index (κ3) is 6.90. The molecule has 258 valence electrons. The van der Waals surface area contributed by atoms with E-state index in [1.54, 1.807) is 29.0 Å². The van der Waals surface area contributed by atoms with Crippen molar-refractivity contribution in [2.75, 3.05) is 26.7 Å². The normalized spacial score (nSPS) is 26.4. The summed E-state index contributed by atoms with van der Waals surface area (Å²) in [5.41, 5.74) is -0.499. The van der Waals surface area contributed by atoms with Crippen molar-refractivity contribution in [3.63, 3.8) is 0 Å². The number of hydrogen-bond donors (Lipinski definition) is 1. The van der Waals surface area contributed by atoms with E-state index in [0.717, 1.165) is 18.4 Å². The predicted molar refractivity (Wildman–Crippen MR) is 179 cm³/mol. The average Bonchev–Trinajstić information content (AvgIpc) is 3.71. The number of carbonyl (C=O) groups excluding carboxylic acids is 4. The second-order valence-electron chi connectivity index (χ2n) is 13.6. The molecule has 1 aromatic rings. The number of nitrogens with zero attached hydrogens (tertiary/aromatic N) is 3. The third-order valence-electron chi connectivity index (χ3n) is 10.4. The van der Waals surface area contributed by atoms with Gasteiger partial charge in [-0.25, -0.2) is 0 Å². The molecular formula is C37H53N3O7. The van der Waals surface area contributed by atoms with Crippen LogP contribution < -0.4 is 0 Å². The molecule has 8 atom stereocenters. The Balaban J connectivity index is 1.71. The number of amides is 3. The Labute approximate surface area is 279 Å². The zero-order chi connectivity index (χ0) is 34.5. The van der Waals surface area contributed by atoms with Gasteiger partial charge in [0.25, 0.3) is 0 Å². The lowest BCUT2D eigenvalue weighted by atomic mass is 9.70. The van der Waals surface area contributed by atoms with Crippen molar-refractivity contribution in [1.29, 1.82) is 0 Å². The van der Waals surface area contributed by atoms with Crippen LogP contribution in [0.5, 0.6) is 0 Å². The fraction of sp³-hybridized carbons (Fsp3) is 0.622. The fourth-order valence-electron chi connectivity index (χ4n) is 7.71. The highest BCUT2D eigenvalue weighted by atomic mass is 16.6. The Morgan fingerprint density at radius 2 is 1.87 bits per heavy atom. The third-order valence-corrected chi connectivity index (χ3v) is 10.4. The Morgan fingerprint density at radius 3 is 2.47 bits per heavy atom. The van der Waals surface area contributed by atoms with E-state index in [1.165, 1.54) is 4.90 Å². The molecule has 3 fully saturated rings. The van der Waals surface area contributed by atoms with Crippen molar-refractivity contribution in [2.24, 2.45) is 17.8 Å². The van der Waals surface area contributed by atoms with Crippen LogP contribution in [0.1, 0.15) is 77.9 Å². The van der Waals surface area contributed by atoms with Crippen molar-refractivity contribution in [3.05, 3.63) is 61.2 Å². The van der Waals surface area contributed by atoms with E-state index in [4.69, 9.17) is 9.47 Å². The molecule has 10 nitrogen and oxygen atoms in total. The predicted octanol–water partition coefficient (Wildman–Crippen LogP) is 4.29. The second kappa shape index (κ2) is 15.6. The van der Waals surface area contributed by atoms with Gasteiger partial charge in [-0.3, -0.25) is 19.2 Å². The van der Waals surface area contributed by atoms with Crippen molar-refractivity contribution in [3.8, 4) is 0 Å². The molecule has 1 aromatic carbocycles. The molecule has 0 saturated carbocycles. The molecule has 47 heavy (non-hydrogen) atoms. The molecule has 0 unspecified atom stereocenters. The van der Waals surface area contributed by atoms with Gasteiger partial charge in [-0.1, -0.05) is 69.7 Å². The van der Waals surface area contributed by atoms with Crippen LogP contribution in [0.3, 0.4) is 0 Å². The summed E-state index contributed by atoms with van der Waals surface area (Å²) in [7, 11) is 1.69. The number of rotatable bonds is 17. The maximum atomic E-state index is 14.6. The number of hydrogen-bond acceptors (Lipinski definition) is 7. The Bertz CT molecular complexity index is 1300. The number of fused-ring (bicyclic) bond motifs is 1. The molecule has 3 saturated heterocycles. The molecule has 4 rings (SSSR count). The van der Waals surface area contributed by atoms with Gasteiger partial charge >= 0.3 is 5.97 Å². The highest BCUT2D eigenvalue weighted by Crippen LogP contribution is 2.59. The molecule has 2 bridgehead atoms. The fourth-order valence-corrected chi connectivity index (χ4v) is 7.71. The van der Waals surface area contributed by atoms with Crippen molar-refractivity contribution >= 4 is 23.7 Å². The summed E-state index contributed by atoms with van der Waals surface area (Å²) in [6, 6.07) is 7.13. The minimum atomic E-state index is -1.22. The van der Waals surface area contributed by atoms with Crippen LogP contribution in [0, 0.1) is 17.8 Å². The van der Waals surface area contributed by atoms with Crippen LogP contribution in [0.15, 0.2) is 55.6 Å². The smallest absolute Gasteiger partial charge is 0.313 e. The van der Waals surface area contributed by atoms with Gasteiger partial charge in [-0.15, -0.1) is 13.2 Å². The zero-order valence-corrected chi connectivity index (χ0v) is 28.7. The zero-order valence-electron chi connectivity index (χ0n) is 28.7. The topological polar surface area (TPSA) is 117 Å². The van der Waals surface area contributed by atoms with Gasteiger partial charge in [0.1, 0.15) is 17.7 Å². The van der Waals surface area contributed by atoms with Crippen LogP contribution in [-0.2, 0) is 28.7 Å². The van der Waals surface area contributed by atoms with E-state index in [-0.39, 0.29) is 36.7 Å². The molecule has 0 aliphatic carbocycles. The minimum absolute atomic E-state index is 0.101. The number of likely N-dealkylation sites (tertiary alicyclic amines) is 1. The van der Waals surface area contributed by atoms with Crippen LogP contribution in [0.25, 0.3) is 0 Å². The number of likely N-dealkylation sites (N-methyl/N-ethyl adjacent to an activating group) is 1. The van der Waals surface area contributed by atoms with Gasteiger partial charge in [0.15, 0.2) is 0 Å². The van der Waals surface area contributed by atoms with E-state index in [9.17, 15) is 24.3 Å². The van der Waals surface area contributed by atoms with E-state index in [2.05, 4.69) is 13.2 Å². The molecule has 10 heteroatoms. The van der Waals surface area contributed by atoms with Gasteiger partial charge in [0, 0.05) is 26.6 Å². The standard InChI is InChI=1S/C37H53N3O7/c1-8-11-18-29(42)38(7)25(6)32(26-16-14-13-15-17-26)46-36(45)30-28-19-20-37(47-28)31(30)34(43)40(27(23-41)24(4)5)33(37)35(44)39(21-10-3)22-12-9-2/h8,10,13-17,24-25,27-28,30-33,41H,1,3,9,11-12,18-23H2,2,4-7H3/t25-,27-,28+,30-,31-,32+,33+,37-/m0/s1. The number of esters is 1. The summed E-state index contributed by atoms with van der Waals surface area (Å²) < 4.78 is 13.0. The van der Waals surface area contributed by atoms with E-state index in [1.807, 2.05) is 58.0 Å². The second-order valence-corrected chi connectivity index (χ2v) is 13.6. The number of aliphatic hydroxyl groups excluding tert-OH is 1. The van der Waals surface area contributed by atoms with Crippen LogP contribution in [-0.4, -0.2) is 100 Å².